The zero-order chi connectivity index (χ0) is 17.1. The van der Waals surface area contributed by atoms with Gasteiger partial charge in [0.15, 0.2) is 0 Å². The van der Waals surface area contributed by atoms with Crippen molar-refractivity contribution in [3.05, 3.63) is 53.9 Å². The number of rotatable bonds is 4. The third-order valence-electron chi connectivity index (χ3n) is 4.24. The van der Waals surface area contributed by atoms with Gasteiger partial charge < -0.3 is 15.2 Å². The zero-order valence-corrected chi connectivity index (χ0v) is 13.3. The van der Waals surface area contributed by atoms with E-state index in [0.717, 1.165) is 5.56 Å². The zero-order valence-electron chi connectivity index (χ0n) is 13.3. The second-order valence-corrected chi connectivity index (χ2v) is 5.93. The average Bonchev–Trinajstić information content (AvgIpc) is 3.00. The van der Waals surface area contributed by atoms with Crippen LogP contribution in [-0.2, 0) is 16.6 Å². The smallest absolute Gasteiger partial charge is 0.225 e. The summed E-state index contributed by atoms with van der Waals surface area (Å²) in [6.45, 7) is 0.335. The first-order chi connectivity index (χ1) is 11.5. The van der Waals surface area contributed by atoms with Gasteiger partial charge in [-0.2, -0.15) is 0 Å². The minimum atomic E-state index is -0.476. The molecule has 0 spiro atoms. The molecule has 1 aromatic heterocycles. The van der Waals surface area contributed by atoms with E-state index < -0.39 is 6.04 Å². The van der Waals surface area contributed by atoms with E-state index in [1.807, 2.05) is 11.6 Å². The average molecular weight is 330 g/mol. The number of amides is 2. The summed E-state index contributed by atoms with van der Waals surface area (Å²) < 4.78 is 15.0. The molecule has 2 N–H and O–H groups in total. The van der Waals surface area contributed by atoms with Crippen LogP contribution in [0, 0.1) is 11.7 Å². The molecule has 1 aromatic carbocycles. The number of aryl methyl sites for hydroxylation is 1. The number of hydrogen-bond donors (Lipinski definition) is 2. The molecule has 0 bridgehead atoms. The van der Waals surface area contributed by atoms with Crippen LogP contribution in [0.2, 0.25) is 0 Å². The highest BCUT2D eigenvalue weighted by Crippen LogP contribution is 2.22. The molecule has 2 atom stereocenters. The van der Waals surface area contributed by atoms with E-state index in [-0.39, 0.29) is 23.5 Å². The summed E-state index contributed by atoms with van der Waals surface area (Å²) >= 11 is 0. The second kappa shape index (κ2) is 6.82. The van der Waals surface area contributed by atoms with E-state index >= 15 is 0 Å². The van der Waals surface area contributed by atoms with Crippen LogP contribution in [0.25, 0.3) is 0 Å². The van der Waals surface area contributed by atoms with Gasteiger partial charge in [0.1, 0.15) is 17.7 Å². The molecule has 2 amide bonds. The third kappa shape index (κ3) is 3.45. The highest BCUT2D eigenvalue weighted by molar-refractivity contribution is 5.84. The van der Waals surface area contributed by atoms with Crippen LogP contribution in [-0.4, -0.2) is 27.9 Å². The van der Waals surface area contributed by atoms with Crippen LogP contribution in [0.15, 0.2) is 36.7 Å². The van der Waals surface area contributed by atoms with Crippen LogP contribution in [0.4, 0.5) is 4.39 Å². The molecule has 0 unspecified atom stereocenters. The first-order valence-corrected chi connectivity index (χ1v) is 7.84. The van der Waals surface area contributed by atoms with Gasteiger partial charge >= 0.3 is 0 Å². The lowest BCUT2D eigenvalue weighted by molar-refractivity contribution is -0.129. The summed E-state index contributed by atoms with van der Waals surface area (Å²) in [6.07, 6.45) is 4.31. The Kier molecular flexibility index (Phi) is 4.59. The van der Waals surface area contributed by atoms with Gasteiger partial charge in [-0.25, -0.2) is 9.37 Å². The fraction of sp³-hybridized carbons (Fsp3) is 0.353. The number of benzene rings is 1. The number of carbonyl (C=O) groups excluding carboxylic acids is 2. The van der Waals surface area contributed by atoms with Crippen molar-refractivity contribution in [2.45, 2.75) is 18.9 Å². The third-order valence-corrected chi connectivity index (χ3v) is 4.24. The lowest BCUT2D eigenvalue weighted by Gasteiger charge is -2.25. The van der Waals surface area contributed by atoms with Crippen molar-refractivity contribution in [3.8, 4) is 0 Å². The number of hydrogen-bond acceptors (Lipinski definition) is 3. The molecule has 24 heavy (non-hydrogen) atoms. The van der Waals surface area contributed by atoms with Gasteiger partial charge in [0.05, 0.1) is 5.92 Å². The maximum atomic E-state index is 13.2. The molecule has 1 fully saturated rings. The Morgan fingerprint density at radius 2 is 2.17 bits per heavy atom. The number of halogens is 1. The van der Waals surface area contributed by atoms with Crippen molar-refractivity contribution in [1.82, 2.24) is 20.2 Å². The first-order valence-electron chi connectivity index (χ1n) is 7.84. The number of piperidine rings is 1. The summed E-state index contributed by atoms with van der Waals surface area (Å²) in [7, 11) is 1.84. The maximum absolute atomic E-state index is 13.2. The lowest BCUT2D eigenvalue weighted by Crippen LogP contribution is -2.44. The van der Waals surface area contributed by atoms with Crippen molar-refractivity contribution < 1.29 is 14.0 Å². The van der Waals surface area contributed by atoms with E-state index in [1.54, 1.807) is 24.5 Å². The first kappa shape index (κ1) is 16.2. The predicted octanol–water partition coefficient (Wildman–Crippen LogP) is 1.29. The van der Waals surface area contributed by atoms with Gasteiger partial charge in [-0.1, -0.05) is 12.1 Å². The molecule has 0 radical (unpaired) electrons. The Hall–Kier alpha value is -2.70. The minimum Gasteiger partial charge on any atom is -0.355 e. The normalized spacial score (nSPS) is 18.8. The highest BCUT2D eigenvalue weighted by Gasteiger charge is 2.28. The van der Waals surface area contributed by atoms with E-state index in [2.05, 4.69) is 15.6 Å². The Bertz CT molecular complexity index is 731. The molecule has 0 aliphatic carbocycles. The molecule has 1 saturated heterocycles. The Morgan fingerprint density at radius 1 is 1.42 bits per heavy atom. The van der Waals surface area contributed by atoms with Crippen LogP contribution in [0.5, 0.6) is 0 Å². The highest BCUT2D eigenvalue weighted by atomic mass is 19.1. The van der Waals surface area contributed by atoms with Gasteiger partial charge in [0.2, 0.25) is 11.8 Å². The van der Waals surface area contributed by atoms with Gasteiger partial charge in [-0.3, -0.25) is 9.59 Å². The van der Waals surface area contributed by atoms with Crippen LogP contribution >= 0.6 is 0 Å². The Balaban J connectivity index is 1.82. The Morgan fingerprint density at radius 3 is 2.75 bits per heavy atom. The Labute approximate surface area is 139 Å². The van der Waals surface area contributed by atoms with Gasteiger partial charge in [0, 0.05) is 32.4 Å². The molecular formula is C17H19FN4O2. The maximum Gasteiger partial charge on any atom is 0.225 e. The standard InChI is InChI=1S/C17H19FN4O2/c1-22-9-8-19-16(22)15(11-2-5-13(18)6-3-11)21-17(24)12-4-7-14(23)20-10-12/h2-3,5-6,8-9,12,15H,4,7,10H2,1H3,(H,20,23)(H,21,24)/t12-,15+/m0/s1. The van der Waals surface area contributed by atoms with E-state index in [1.165, 1.54) is 12.1 Å². The summed E-state index contributed by atoms with van der Waals surface area (Å²) in [5, 5.41) is 5.69. The van der Waals surface area contributed by atoms with Crippen molar-refractivity contribution in [2.75, 3.05) is 6.54 Å². The quantitative estimate of drug-likeness (QED) is 0.887. The van der Waals surface area contributed by atoms with Crippen LogP contribution < -0.4 is 10.6 Å². The SMILES string of the molecule is Cn1ccnc1[C@H](NC(=O)[C@H]1CCC(=O)NC1)c1ccc(F)cc1. The fourth-order valence-corrected chi connectivity index (χ4v) is 2.82. The number of imidazole rings is 1. The topological polar surface area (TPSA) is 76.0 Å². The largest absolute Gasteiger partial charge is 0.355 e. The molecule has 3 rings (SSSR count). The van der Waals surface area contributed by atoms with E-state index in [4.69, 9.17) is 0 Å². The van der Waals surface area contributed by atoms with E-state index in [0.29, 0.717) is 25.2 Å². The summed E-state index contributed by atoms with van der Waals surface area (Å²) in [5.41, 5.74) is 0.749. The number of nitrogens with one attached hydrogen (secondary N) is 2. The van der Waals surface area contributed by atoms with Crippen molar-refractivity contribution in [2.24, 2.45) is 13.0 Å². The van der Waals surface area contributed by atoms with Crippen molar-refractivity contribution in [1.29, 1.82) is 0 Å². The summed E-state index contributed by atoms with van der Waals surface area (Å²) in [6, 6.07) is 5.52. The molecule has 7 heteroatoms. The molecule has 2 aromatic rings. The molecule has 1 aliphatic rings. The van der Waals surface area contributed by atoms with Crippen LogP contribution in [0.1, 0.15) is 30.3 Å². The molecule has 126 valence electrons. The molecule has 2 heterocycles. The molecular weight excluding hydrogens is 311 g/mol. The number of nitrogens with zero attached hydrogens (tertiary/aromatic N) is 2. The van der Waals surface area contributed by atoms with Gasteiger partial charge in [-0.05, 0) is 24.1 Å². The van der Waals surface area contributed by atoms with Crippen molar-refractivity contribution in [3.63, 3.8) is 0 Å². The lowest BCUT2D eigenvalue weighted by atomic mass is 9.97. The monoisotopic (exact) mass is 330 g/mol. The number of aromatic nitrogens is 2. The second-order valence-electron chi connectivity index (χ2n) is 5.93. The molecule has 6 nitrogen and oxygen atoms in total. The molecule has 1 aliphatic heterocycles. The predicted molar refractivity (Wildman–Crippen MR) is 85.3 cm³/mol. The molecule has 0 saturated carbocycles. The minimum absolute atomic E-state index is 0.0294. The summed E-state index contributed by atoms with van der Waals surface area (Å²) in [5.74, 6) is -0.120. The number of carbonyl (C=O) groups is 2. The fourth-order valence-electron chi connectivity index (χ4n) is 2.82. The van der Waals surface area contributed by atoms with E-state index in [9.17, 15) is 14.0 Å². The van der Waals surface area contributed by atoms with Crippen LogP contribution in [0.3, 0.4) is 0 Å². The van der Waals surface area contributed by atoms with Gasteiger partial charge in [-0.15, -0.1) is 0 Å². The summed E-state index contributed by atoms with van der Waals surface area (Å²) in [4.78, 5) is 28.1. The van der Waals surface area contributed by atoms with Crippen molar-refractivity contribution >= 4 is 11.8 Å². The van der Waals surface area contributed by atoms with Gasteiger partial charge in [0.25, 0.3) is 0 Å².